The number of hydrogen-bond acceptors (Lipinski definition) is 4. The second-order valence-electron chi connectivity index (χ2n) is 6.40. The van der Waals surface area contributed by atoms with Gasteiger partial charge in [-0.2, -0.15) is 5.10 Å². The molecule has 2 unspecified atom stereocenters. The molecule has 5 heteroatoms. The summed E-state index contributed by atoms with van der Waals surface area (Å²) in [5.41, 5.74) is 3.08. The lowest BCUT2D eigenvalue weighted by atomic mass is 9.92. The van der Waals surface area contributed by atoms with E-state index < -0.39 is 0 Å². The van der Waals surface area contributed by atoms with Gasteiger partial charge in [-0.3, -0.25) is 4.68 Å². The molecular formula is C16H25N5. The van der Waals surface area contributed by atoms with Crippen LogP contribution in [0.5, 0.6) is 0 Å². The minimum absolute atomic E-state index is 0.462. The molecule has 2 aromatic rings. The Morgan fingerprint density at radius 1 is 1.38 bits per heavy atom. The number of hydrogen-bond donors (Lipinski definition) is 1. The molecule has 2 aromatic heterocycles. The number of pyridine rings is 1. The van der Waals surface area contributed by atoms with Crippen LogP contribution in [-0.2, 0) is 7.05 Å². The molecule has 3 heterocycles. The molecule has 0 bridgehead atoms. The fraction of sp³-hybridized carbons (Fsp3) is 0.625. The molecule has 1 fully saturated rings. The Hall–Kier alpha value is -1.62. The van der Waals surface area contributed by atoms with Gasteiger partial charge in [-0.25, -0.2) is 4.98 Å². The Morgan fingerprint density at radius 2 is 2.19 bits per heavy atom. The average Bonchev–Trinajstić information content (AvgIpc) is 2.74. The van der Waals surface area contributed by atoms with Crippen molar-refractivity contribution in [2.45, 2.75) is 32.7 Å². The largest absolute Gasteiger partial charge is 0.381 e. The van der Waals surface area contributed by atoms with Gasteiger partial charge in [0.2, 0.25) is 0 Å². The van der Waals surface area contributed by atoms with Crippen molar-refractivity contribution in [1.82, 2.24) is 19.7 Å². The predicted octanol–water partition coefficient (Wildman–Crippen LogP) is 2.42. The van der Waals surface area contributed by atoms with Crippen LogP contribution in [0.1, 0.15) is 25.5 Å². The topological polar surface area (TPSA) is 46.0 Å². The smallest absolute Gasteiger partial charge is 0.157 e. The molecule has 0 spiro atoms. The molecule has 3 rings (SSSR count). The number of aromatic nitrogens is 3. The van der Waals surface area contributed by atoms with Crippen molar-refractivity contribution in [3.63, 3.8) is 0 Å². The van der Waals surface area contributed by atoms with Crippen molar-refractivity contribution in [1.29, 1.82) is 0 Å². The van der Waals surface area contributed by atoms with Crippen LogP contribution in [0, 0.1) is 12.8 Å². The Labute approximate surface area is 126 Å². The summed E-state index contributed by atoms with van der Waals surface area (Å²) < 4.78 is 1.84. The van der Waals surface area contributed by atoms with Crippen LogP contribution in [0.3, 0.4) is 0 Å². The van der Waals surface area contributed by atoms with Gasteiger partial charge in [0.15, 0.2) is 5.65 Å². The van der Waals surface area contributed by atoms with Gasteiger partial charge in [0.05, 0.1) is 17.6 Å². The van der Waals surface area contributed by atoms with Crippen molar-refractivity contribution in [3.05, 3.63) is 18.0 Å². The maximum atomic E-state index is 4.54. The van der Waals surface area contributed by atoms with E-state index in [4.69, 9.17) is 0 Å². The molecule has 2 atom stereocenters. The van der Waals surface area contributed by atoms with Crippen LogP contribution in [0.15, 0.2) is 12.3 Å². The first-order valence-corrected chi connectivity index (χ1v) is 7.79. The van der Waals surface area contributed by atoms with Crippen molar-refractivity contribution in [2.75, 3.05) is 25.5 Å². The fourth-order valence-electron chi connectivity index (χ4n) is 3.38. The number of likely N-dealkylation sites (tertiary alicyclic amines) is 1. The van der Waals surface area contributed by atoms with E-state index in [1.165, 1.54) is 25.9 Å². The zero-order valence-electron chi connectivity index (χ0n) is 13.4. The lowest BCUT2D eigenvalue weighted by Gasteiger charge is -2.34. The number of fused-ring (bicyclic) bond motifs is 1. The van der Waals surface area contributed by atoms with Crippen LogP contribution in [0.4, 0.5) is 5.69 Å². The highest BCUT2D eigenvalue weighted by Crippen LogP contribution is 2.24. The van der Waals surface area contributed by atoms with Crippen LogP contribution < -0.4 is 5.32 Å². The number of anilines is 1. The maximum Gasteiger partial charge on any atom is 0.157 e. The first-order chi connectivity index (χ1) is 10.0. The molecule has 5 nitrogen and oxygen atoms in total. The van der Waals surface area contributed by atoms with Crippen molar-refractivity contribution in [2.24, 2.45) is 13.0 Å². The molecule has 0 aliphatic carbocycles. The van der Waals surface area contributed by atoms with Gasteiger partial charge in [0.25, 0.3) is 0 Å². The summed E-state index contributed by atoms with van der Waals surface area (Å²) in [5, 5.41) is 9.20. The van der Waals surface area contributed by atoms with Crippen LogP contribution >= 0.6 is 0 Å². The van der Waals surface area contributed by atoms with Crippen molar-refractivity contribution < 1.29 is 0 Å². The monoisotopic (exact) mass is 287 g/mol. The van der Waals surface area contributed by atoms with Gasteiger partial charge in [0, 0.05) is 25.0 Å². The molecule has 0 saturated carbocycles. The first-order valence-electron chi connectivity index (χ1n) is 7.79. The molecule has 114 valence electrons. The summed E-state index contributed by atoms with van der Waals surface area (Å²) in [6.45, 7) is 6.72. The van der Waals surface area contributed by atoms with Crippen LogP contribution in [0.2, 0.25) is 0 Å². The van der Waals surface area contributed by atoms with E-state index in [9.17, 15) is 0 Å². The number of nitrogens with zero attached hydrogens (tertiary/aromatic N) is 4. The van der Waals surface area contributed by atoms with Gasteiger partial charge in [-0.1, -0.05) is 0 Å². The molecule has 21 heavy (non-hydrogen) atoms. The highest BCUT2D eigenvalue weighted by Gasteiger charge is 2.22. The molecule has 1 saturated heterocycles. The third kappa shape index (κ3) is 2.88. The van der Waals surface area contributed by atoms with E-state index in [1.54, 1.807) is 0 Å². The zero-order chi connectivity index (χ0) is 15.0. The Bertz CT molecular complexity index is 633. The van der Waals surface area contributed by atoms with Crippen LogP contribution in [0.25, 0.3) is 11.0 Å². The minimum Gasteiger partial charge on any atom is -0.381 e. The van der Waals surface area contributed by atoms with E-state index in [0.717, 1.165) is 22.4 Å². The fourth-order valence-corrected chi connectivity index (χ4v) is 3.38. The van der Waals surface area contributed by atoms with Gasteiger partial charge < -0.3 is 10.2 Å². The molecule has 1 aliphatic rings. The summed E-state index contributed by atoms with van der Waals surface area (Å²) in [5.74, 6) is 0.703. The lowest BCUT2D eigenvalue weighted by Crippen LogP contribution is -2.39. The highest BCUT2D eigenvalue weighted by atomic mass is 15.3. The SMILES string of the molecule is Cc1nn(C)c2ncc(NC(C)C3CCCN(C)C3)cc12. The molecular weight excluding hydrogens is 262 g/mol. The Kier molecular flexibility index (Phi) is 3.85. The second kappa shape index (κ2) is 5.64. The molecule has 1 aliphatic heterocycles. The number of nitrogens with one attached hydrogen (secondary N) is 1. The summed E-state index contributed by atoms with van der Waals surface area (Å²) in [4.78, 5) is 6.97. The third-order valence-corrected chi connectivity index (χ3v) is 4.63. The molecule has 1 N–H and O–H groups in total. The number of rotatable bonds is 3. The van der Waals surface area contributed by atoms with Crippen LogP contribution in [-0.4, -0.2) is 45.8 Å². The molecule has 0 aromatic carbocycles. The summed E-state index contributed by atoms with van der Waals surface area (Å²) in [6, 6.07) is 2.64. The highest BCUT2D eigenvalue weighted by molar-refractivity contribution is 5.81. The minimum atomic E-state index is 0.462. The average molecular weight is 287 g/mol. The van der Waals surface area contributed by atoms with Gasteiger partial charge in [-0.15, -0.1) is 0 Å². The standard InChI is InChI=1S/C16H25N5/c1-11(13-6-5-7-20(3)10-13)18-14-8-15-12(2)19-21(4)16(15)17-9-14/h8-9,11,13,18H,5-7,10H2,1-4H3. The second-order valence-corrected chi connectivity index (χ2v) is 6.40. The molecule has 0 radical (unpaired) electrons. The van der Waals surface area contributed by atoms with E-state index in [1.807, 2.05) is 24.9 Å². The quantitative estimate of drug-likeness (QED) is 0.942. The van der Waals surface area contributed by atoms with E-state index in [2.05, 4.69) is 40.3 Å². The first kappa shape index (κ1) is 14.3. The maximum absolute atomic E-state index is 4.54. The Morgan fingerprint density at radius 3 is 2.95 bits per heavy atom. The van der Waals surface area contributed by atoms with Gasteiger partial charge in [0.1, 0.15) is 0 Å². The van der Waals surface area contributed by atoms with E-state index in [0.29, 0.717) is 12.0 Å². The van der Waals surface area contributed by atoms with Gasteiger partial charge >= 0.3 is 0 Å². The van der Waals surface area contributed by atoms with E-state index >= 15 is 0 Å². The summed E-state index contributed by atoms with van der Waals surface area (Å²) in [6.07, 6.45) is 4.53. The summed E-state index contributed by atoms with van der Waals surface area (Å²) in [7, 11) is 4.15. The predicted molar refractivity (Wildman–Crippen MR) is 86.6 cm³/mol. The number of aryl methyl sites for hydroxylation is 2. The normalized spacial score (nSPS) is 21.6. The van der Waals surface area contributed by atoms with E-state index in [-0.39, 0.29) is 0 Å². The number of piperidine rings is 1. The molecule has 0 amide bonds. The van der Waals surface area contributed by atoms with Crippen molar-refractivity contribution >= 4 is 16.7 Å². The lowest BCUT2D eigenvalue weighted by molar-refractivity contribution is 0.197. The van der Waals surface area contributed by atoms with Gasteiger partial charge in [-0.05, 0) is 52.3 Å². The summed E-state index contributed by atoms with van der Waals surface area (Å²) >= 11 is 0. The Balaban J connectivity index is 1.76. The zero-order valence-corrected chi connectivity index (χ0v) is 13.4. The third-order valence-electron chi connectivity index (χ3n) is 4.63. The van der Waals surface area contributed by atoms with Crippen molar-refractivity contribution in [3.8, 4) is 0 Å².